The molecule has 2 nitrogen and oxygen atoms in total. The molecule has 1 aromatic heterocycles. The molecule has 0 aliphatic heterocycles. The molecule has 0 bridgehead atoms. The molecule has 0 aliphatic rings. The summed E-state index contributed by atoms with van der Waals surface area (Å²) in [4.78, 5) is 4.85. The number of rotatable bonds is 1. The number of anilines is 1. The summed E-state index contributed by atoms with van der Waals surface area (Å²) in [5, 5.41) is 1.06. The summed E-state index contributed by atoms with van der Waals surface area (Å²) in [6.07, 6.45) is 0. The third kappa shape index (κ3) is 2.20. The molecule has 0 atom stereocenters. The molecule has 1 aromatic carbocycles. The van der Waals surface area contributed by atoms with Gasteiger partial charge >= 0.3 is 0 Å². The highest BCUT2D eigenvalue weighted by Gasteiger charge is 2.18. The number of aromatic nitrogens is 1. The maximum Gasteiger partial charge on any atom is 0.0760 e. The second-order valence-electron chi connectivity index (χ2n) is 6.24. The number of fused-ring (bicyclic) bond motifs is 1. The number of nitrogen functional groups attached to an aromatic ring is 1. The van der Waals surface area contributed by atoms with Gasteiger partial charge in [0.25, 0.3) is 0 Å². The van der Waals surface area contributed by atoms with Crippen molar-refractivity contribution in [1.29, 1.82) is 0 Å². The van der Waals surface area contributed by atoms with Crippen LogP contribution in [0.2, 0.25) is 0 Å². The van der Waals surface area contributed by atoms with Gasteiger partial charge in [-0.15, -0.1) is 0 Å². The lowest BCUT2D eigenvalue weighted by Gasteiger charge is -2.20. The SMILES string of the molecule is CC(C)c1cccc2c(N)cc(C(C)(C)C)nc12. The van der Waals surface area contributed by atoms with E-state index in [4.69, 9.17) is 10.7 Å². The molecule has 0 fully saturated rings. The van der Waals surface area contributed by atoms with Gasteiger partial charge in [0.2, 0.25) is 0 Å². The Morgan fingerprint density at radius 2 is 1.83 bits per heavy atom. The molecule has 1 heterocycles. The first kappa shape index (κ1) is 12.9. The fourth-order valence-electron chi connectivity index (χ4n) is 2.15. The van der Waals surface area contributed by atoms with Crippen molar-refractivity contribution in [1.82, 2.24) is 4.98 Å². The molecule has 0 saturated carbocycles. The van der Waals surface area contributed by atoms with Gasteiger partial charge in [0.05, 0.1) is 5.52 Å². The second-order valence-corrected chi connectivity index (χ2v) is 6.24. The quantitative estimate of drug-likeness (QED) is 0.812. The predicted octanol–water partition coefficient (Wildman–Crippen LogP) is 4.24. The summed E-state index contributed by atoms with van der Waals surface area (Å²) in [7, 11) is 0. The van der Waals surface area contributed by atoms with Crippen molar-refractivity contribution >= 4 is 16.6 Å². The number of hydrogen-bond acceptors (Lipinski definition) is 2. The molecule has 2 heteroatoms. The van der Waals surface area contributed by atoms with Gasteiger partial charge in [0.15, 0.2) is 0 Å². The smallest absolute Gasteiger partial charge is 0.0760 e. The number of para-hydroxylation sites is 1. The summed E-state index contributed by atoms with van der Waals surface area (Å²) in [6.45, 7) is 10.9. The Labute approximate surface area is 109 Å². The summed E-state index contributed by atoms with van der Waals surface area (Å²) in [5.74, 6) is 0.454. The number of nitrogens with zero attached hydrogens (tertiary/aromatic N) is 1. The van der Waals surface area contributed by atoms with Crippen LogP contribution in [-0.2, 0) is 5.41 Å². The van der Waals surface area contributed by atoms with E-state index in [9.17, 15) is 0 Å². The van der Waals surface area contributed by atoms with E-state index < -0.39 is 0 Å². The Kier molecular flexibility index (Phi) is 3.05. The van der Waals surface area contributed by atoms with Crippen molar-refractivity contribution in [2.24, 2.45) is 0 Å². The molecule has 0 aliphatic carbocycles. The number of pyridine rings is 1. The van der Waals surface area contributed by atoms with Gasteiger partial charge in [0.1, 0.15) is 0 Å². The molecular formula is C16H22N2. The van der Waals surface area contributed by atoms with Gasteiger partial charge < -0.3 is 5.73 Å². The Morgan fingerprint density at radius 3 is 2.39 bits per heavy atom. The van der Waals surface area contributed by atoms with Gasteiger partial charge in [0, 0.05) is 22.2 Å². The highest BCUT2D eigenvalue weighted by molar-refractivity contribution is 5.92. The van der Waals surface area contributed by atoms with Crippen LogP contribution in [0.15, 0.2) is 24.3 Å². The number of hydrogen-bond donors (Lipinski definition) is 1. The van der Waals surface area contributed by atoms with E-state index in [1.165, 1.54) is 5.56 Å². The van der Waals surface area contributed by atoms with Crippen molar-refractivity contribution in [3.63, 3.8) is 0 Å². The minimum absolute atomic E-state index is 0.0202. The van der Waals surface area contributed by atoms with Crippen LogP contribution < -0.4 is 5.73 Å². The lowest BCUT2D eigenvalue weighted by molar-refractivity contribution is 0.571. The molecule has 0 unspecified atom stereocenters. The topological polar surface area (TPSA) is 38.9 Å². The summed E-state index contributed by atoms with van der Waals surface area (Å²) in [5.41, 5.74) is 10.4. The zero-order valence-electron chi connectivity index (χ0n) is 11.9. The first-order valence-corrected chi connectivity index (χ1v) is 6.50. The largest absolute Gasteiger partial charge is 0.398 e. The molecular weight excluding hydrogens is 220 g/mol. The fourth-order valence-corrected chi connectivity index (χ4v) is 2.15. The van der Waals surface area contributed by atoms with Crippen LogP contribution in [0.25, 0.3) is 10.9 Å². The van der Waals surface area contributed by atoms with E-state index >= 15 is 0 Å². The third-order valence-corrected chi connectivity index (χ3v) is 3.29. The Morgan fingerprint density at radius 1 is 1.17 bits per heavy atom. The van der Waals surface area contributed by atoms with Crippen LogP contribution >= 0.6 is 0 Å². The fraction of sp³-hybridized carbons (Fsp3) is 0.438. The van der Waals surface area contributed by atoms with Crippen molar-refractivity contribution < 1.29 is 0 Å². The maximum absolute atomic E-state index is 6.18. The lowest BCUT2D eigenvalue weighted by Crippen LogP contribution is -2.14. The van der Waals surface area contributed by atoms with Crippen LogP contribution in [-0.4, -0.2) is 4.98 Å². The molecule has 0 radical (unpaired) electrons. The molecule has 96 valence electrons. The molecule has 18 heavy (non-hydrogen) atoms. The Balaban J connectivity index is 2.81. The van der Waals surface area contributed by atoms with Crippen LogP contribution in [0.4, 0.5) is 5.69 Å². The highest BCUT2D eigenvalue weighted by Crippen LogP contribution is 2.31. The first-order chi connectivity index (χ1) is 8.30. The number of benzene rings is 1. The molecule has 2 rings (SSSR count). The van der Waals surface area contributed by atoms with E-state index in [1.54, 1.807) is 0 Å². The van der Waals surface area contributed by atoms with Crippen LogP contribution in [0, 0.1) is 0 Å². The minimum Gasteiger partial charge on any atom is -0.398 e. The van der Waals surface area contributed by atoms with Crippen LogP contribution in [0.3, 0.4) is 0 Å². The van der Waals surface area contributed by atoms with Gasteiger partial charge in [-0.3, -0.25) is 4.98 Å². The summed E-state index contributed by atoms with van der Waals surface area (Å²) in [6, 6.07) is 8.26. The molecule has 0 saturated heterocycles. The van der Waals surface area contributed by atoms with Crippen molar-refractivity contribution in [3.05, 3.63) is 35.5 Å². The Hall–Kier alpha value is -1.57. The molecule has 2 aromatic rings. The van der Waals surface area contributed by atoms with E-state index in [0.717, 1.165) is 22.3 Å². The van der Waals surface area contributed by atoms with Gasteiger partial charge in [-0.2, -0.15) is 0 Å². The lowest BCUT2D eigenvalue weighted by atomic mass is 9.90. The monoisotopic (exact) mass is 242 g/mol. The van der Waals surface area contributed by atoms with Crippen LogP contribution in [0.1, 0.15) is 51.8 Å². The van der Waals surface area contributed by atoms with Crippen molar-refractivity contribution in [2.45, 2.75) is 46.0 Å². The average Bonchev–Trinajstić information content (AvgIpc) is 2.26. The normalized spacial score (nSPS) is 12.3. The molecule has 0 spiro atoms. The van der Waals surface area contributed by atoms with E-state index in [2.05, 4.69) is 52.8 Å². The van der Waals surface area contributed by atoms with Crippen molar-refractivity contribution in [3.8, 4) is 0 Å². The summed E-state index contributed by atoms with van der Waals surface area (Å²) >= 11 is 0. The standard InChI is InChI=1S/C16H22N2/c1-10(2)11-7-6-8-12-13(17)9-14(16(3,4)5)18-15(11)12/h6-10H,1-5H3,(H2,17,18). The van der Waals surface area contributed by atoms with Gasteiger partial charge in [-0.1, -0.05) is 52.8 Å². The van der Waals surface area contributed by atoms with E-state index in [1.807, 2.05) is 6.07 Å². The average molecular weight is 242 g/mol. The van der Waals surface area contributed by atoms with Crippen molar-refractivity contribution in [2.75, 3.05) is 5.73 Å². The Bertz CT molecular complexity index is 577. The number of nitrogens with two attached hydrogens (primary N) is 1. The van der Waals surface area contributed by atoms with Gasteiger partial charge in [-0.05, 0) is 17.5 Å². The maximum atomic E-state index is 6.18. The molecule has 2 N–H and O–H groups in total. The zero-order valence-corrected chi connectivity index (χ0v) is 11.9. The molecule has 0 amide bonds. The zero-order chi connectivity index (χ0) is 13.5. The second kappa shape index (κ2) is 4.27. The minimum atomic E-state index is 0.0202. The first-order valence-electron chi connectivity index (χ1n) is 6.50. The van der Waals surface area contributed by atoms with E-state index in [-0.39, 0.29) is 5.41 Å². The predicted molar refractivity (Wildman–Crippen MR) is 78.9 cm³/mol. The van der Waals surface area contributed by atoms with Gasteiger partial charge in [-0.25, -0.2) is 0 Å². The van der Waals surface area contributed by atoms with Crippen LogP contribution in [0.5, 0.6) is 0 Å². The third-order valence-electron chi connectivity index (χ3n) is 3.29. The van der Waals surface area contributed by atoms with E-state index in [0.29, 0.717) is 5.92 Å². The summed E-state index contributed by atoms with van der Waals surface area (Å²) < 4.78 is 0. The highest BCUT2D eigenvalue weighted by atomic mass is 14.7.